The van der Waals surface area contributed by atoms with Gasteiger partial charge in [0.15, 0.2) is 6.61 Å². The molecule has 0 aromatic heterocycles. The predicted octanol–water partition coefficient (Wildman–Crippen LogP) is 3.73. The number of halogens is 2. The van der Waals surface area contributed by atoms with E-state index in [2.05, 4.69) is 5.32 Å². The number of amides is 1. The minimum atomic E-state index is -0.833. The third kappa shape index (κ3) is 4.88. The molecule has 0 spiro atoms. The number of phenolic OH excluding ortho intramolecular Hbond substituents is 1. The standard InChI is InChI=1S/C17H15Cl2NO4/c1-10(11-3-2-4-12(18)7-11)20-16(22)9-24-17(23)14-8-13(19)5-6-15(14)21/h2-8,10,21H,9H2,1H3,(H,20,22)/t10-/m1/s1. The third-order valence-electron chi connectivity index (χ3n) is 3.24. The van der Waals surface area contributed by atoms with Crippen LogP contribution in [0.3, 0.4) is 0 Å². The fourth-order valence-corrected chi connectivity index (χ4v) is 2.39. The van der Waals surface area contributed by atoms with Crippen molar-refractivity contribution in [3.8, 4) is 5.75 Å². The molecule has 0 heterocycles. The topological polar surface area (TPSA) is 75.6 Å². The van der Waals surface area contributed by atoms with Crippen molar-refractivity contribution in [2.75, 3.05) is 6.61 Å². The van der Waals surface area contributed by atoms with E-state index in [9.17, 15) is 14.7 Å². The number of nitrogens with one attached hydrogen (secondary N) is 1. The van der Waals surface area contributed by atoms with Crippen molar-refractivity contribution in [2.24, 2.45) is 0 Å². The first-order chi connectivity index (χ1) is 11.4. The van der Waals surface area contributed by atoms with Gasteiger partial charge >= 0.3 is 5.97 Å². The second-order valence-corrected chi connectivity index (χ2v) is 5.95. The highest BCUT2D eigenvalue weighted by atomic mass is 35.5. The summed E-state index contributed by atoms with van der Waals surface area (Å²) in [5.74, 6) is -1.57. The van der Waals surface area contributed by atoms with E-state index in [1.54, 1.807) is 25.1 Å². The van der Waals surface area contributed by atoms with Gasteiger partial charge in [0.2, 0.25) is 0 Å². The molecule has 2 N–H and O–H groups in total. The van der Waals surface area contributed by atoms with Gasteiger partial charge in [0, 0.05) is 10.0 Å². The first-order valence-corrected chi connectivity index (χ1v) is 7.83. The number of rotatable bonds is 5. The lowest BCUT2D eigenvalue weighted by molar-refractivity contribution is -0.124. The Bertz CT molecular complexity index is 764. The van der Waals surface area contributed by atoms with E-state index in [0.717, 1.165) is 5.56 Å². The lowest BCUT2D eigenvalue weighted by Gasteiger charge is -2.14. The number of benzene rings is 2. The average molecular weight is 368 g/mol. The van der Waals surface area contributed by atoms with Crippen LogP contribution in [0, 0.1) is 0 Å². The number of hydrogen-bond donors (Lipinski definition) is 2. The number of hydrogen-bond acceptors (Lipinski definition) is 4. The molecule has 0 fully saturated rings. The summed E-state index contributed by atoms with van der Waals surface area (Å²) in [5, 5.41) is 13.2. The van der Waals surface area contributed by atoms with E-state index in [0.29, 0.717) is 5.02 Å². The summed E-state index contributed by atoms with van der Waals surface area (Å²) in [6, 6.07) is 10.8. The van der Waals surface area contributed by atoms with Gasteiger partial charge in [0.1, 0.15) is 11.3 Å². The molecule has 126 valence electrons. The number of carbonyl (C=O) groups is 2. The molecule has 5 nitrogen and oxygen atoms in total. The van der Waals surface area contributed by atoms with Gasteiger partial charge in [0.05, 0.1) is 6.04 Å². The molecule has 24 heavy (non-hydrogen) atoms. The van der Waals surface area contributed by atoms with Crippen LogP contribution in [-0.2, 0) is 9.53 Å². The molecule has 2 rings (SSSR count). The number of phenols is 1. The smallest absolute Gasteiger partial charge is 0.342 e. The molecule has 2 aromatic rings. The number of carbonyl (C=O) groups excluding carboxylic acids is 2. The van der Waals surface area contributed by atoms with Crippen LogP contribution in [0.1, 0.15) is 28.9 Å². The normalized spacial score (nSPS) is 11.6. The Balaban J connectivity index is 1.91. The van der Waals surface area contributed by atoms with Crippen LogP contribution in [0.5, 0.6) is 5.75 Å². The molecule has 0 saturated heterocycles. The Hall–Kier alpha value is -2.24. The van der Waals surface area contributed by atoms with Gasteiger partial charge in [-0.3, -0.25) is 4.79 Å². The zero-order valence-corrected chi connectivity index (χ0v) is 14.3. The predicted molar refractivity (Wildman–Crippen MR) is 91.4 cm³/mol. The molecular weight excluding hydrogens is 353 g/mol. The Morgan fingerprint density at radius 3 is 2.58 bits per heavy atom. The summed E-state index contributed by atoms with van der Waals surface area (Å²) in [6.45, 7) is 1.31. The molecule has 0 saturated carbocycles. The van der Waals surface area contributed by atoms with Crippen LogP contribution in [0.4, 0.5) is 0 Å². The Labute approximate surface area is 149 Å². The van der Waals surface area contributed by atoms with Crippen LogP contribution in [-0.4, -0.2) is 23.6 Å². The maximum atomic E-state index is 11.9. The maximum absolute atomic E-state index is 11.9. The minimum absolute atomic E-state index is 0.0989. The molecule has 0 aliphatic carbocycles. The molecule has 0 bridgehead atoms. The molecule has 7 heteroatoms. The van der Waals surface area contributed by atoms with E-state index in [1.165, 1.54) is 18.2 Å². The lowest BCUT2D eigenvalue weighted by Crippen LogP contribution is -2.31. The van der Waals surface area contributed by atoms with Crippen molar-refractivity contribution in [3.05, 3.63) is 63.6 Å². The quantitative estimate of drug-likeness (QED) is 0.789. The first kappa shape index (κ1) is 18.1. The van der Waals surface area contributed by atoms with Crippen molar-refractivity contribution in [3.63, 3.8) is 0 Å². The molecule has 0 aliphatic heterocycles. The molecule has 2 aromatic carbocycles. The number of esters is 1. The summed E-state index contributed by atoms with van der Waals surface area (Å²) in [5.41, 5.74) is 0.729. The second kappa shape index (κ2) is 8.04. The fraction of sp³-hybridized carbons (Fsp3) is 0.176. The summed E-state index contributed by atoms with van der Waals surface area (Å²) in [4.78, 5) is 23.8. The lowest BCUT2D eigenvalue weighted by atomic mass is 10.1. The Morgan fingerprint density at radius 1 is 1.17 bits per heavy atom. The van der Waals surface area contributed by atoms with Gasteiger partial charge < -0.3 is 15.2 Å². The summed E-state index contributed by atoms with van der Waals surface area (Å²) in [7, 11) is 0. The zero-order valence-electron chi connectivity index (χ0n) is 12.8. The SMILES string of the molecule is C[C@@H](NC(=O)COC(=O)c1cc(Cl)ccc1O)c1cccc(Cl)c1. The van der Waals surface area contributed by atoms with Gasteiger partial charge in [-0.1, -0.05) is 35.3 Å². The Kier molecular flexibility index (Phi) is 6.06. The van der Waals surface area contributed by atoms with Crippen molar-refractivity contribution < 1.29 is 19.4 Å². The third-order valence-corrected chi connectivity index (χ3v) is 3.71. The van der Waals surface area contributed by atoms with Crippen LogP contribution in [0.2, 0.25) is 10.0 Å². The van der Waals surface area contributed by atoms with Crippen molar-refractivity contribution in [1.82, 2.24) is 5.32 Å². The van der Waals surface area contributed by atoms with Crippen LogP contribution < -0.4 is 5.32 Å². The van der Waals surface area contributed by atoms with E-state index < -0.39 is 18.5 Å². The van der Waals surface area contributed by atoms with E-state index in [-0.39, 0.29) is 22.4 Å². The van der Waals surface area contributed by atoms with E-state index in [4.69, 9.17) is 27.9 Å². The number of aromatic hydroxyl groups is 1. The molecule has 1 atom stereocenters. The van der Waals surface area contributed by atoms with Crippen molar-refractivity contribution in [2.45, 2.75) is 13.0 Å². The molecule has 0 unspecified atom stereocenters. The monoisotopic (exact) mass is 367 g/mol. The summed E-state index contributed by atoms with van der Waals surface area (Å²) >= 11 is 11.7. The maximum Gasteiger partial charge on any atom is 0.342 e. The van der Waals surface area contributed by atoms with Gasteiger partial charge in [-0.25, -0.2) is 4.79 Å². The van der Waals surface area contributed by atoms with Crippen LogP contribution in [0.15, 0.2) is 42.5 Å². The minimum Gasteiger partial charge on any atom is -0.507 e. The highest BCUT2D eigenvalue weighted by Gasteiger charge is 2.16. The molecule has 0 radical (unpaired) electrons. The highest BCUT2D eigenvalue weighted by Crippen LogP contribution is 2.22. The van der Waals surface area contributed by atoms with Gasteiger partial charge in [-0.05, 0) is 42.8 Å². The average Bonchev–Trinajstić information content (AvgIpc) is 2.54. The van der Waals surface area contributed by atoms with Gasteiger partial charge in [-0.15, -0.1) is 0 Å². The molecule has 1 amide bonds. The summed E-state index contributed by atoms with van der Waals surface area (Å²) in [6.07, 6.45) is 0. The van der Waals surface area contributed by atoms with Crippen LogP contribution in [0.25, 0.3) is 0 Å². The van der Waals surface area contributed by atoms with Crippen LogP contribution >= 0.6 is 23.2 Å². The van der Waals surface area contributed by atoms with Crippen molar-refractivity contribution in [1.29, 1.82) is 0 Å². The second-order valence-electron chi connectivity index (χ2n) is 5.08. The van der Waals surface area contributed by atoms with Gasteiger partial charge in [-0.2, -0.15) is 0 Å². The highest BCUT2D eigenvalue weighted by molar-refractivity contribution is 6.31. The fourth-order valence-electron chi connectivity index (χ4n) is 2.02. The Morgan fingerprint density at radius 2 is 1.88 bits per heavy atom. The van der Waals surface area contributed by atoms with E-state index >= 15 is 0 Å². The zero-order chi connectivity index (χ0) is 17.7. The van der Waals surface area contributed by atoms with E-state index in [1.807, 2.05) is 6.07 Å². The molecule has 0 aliphatic rings. The van der Waals surface area contributed by atoms with Crippen molar-refractivity contribution >= 4 is 35.1 Å². The molecular formula is C17H15Cl2NO4. The largest absolute Gasteiger partial charge is 0.507 e. The van der Waals surface area contributed by atoms with Gasteiger partial charge in [0.25, 0.3) is 5.91 Å². The number of ether oxygens (including phenoxy) is 1. The summed E-state index contributed by atoms with van der Waals surface area (Å²) < 4.78 is 4.89. The first-order valence-electron chi connectivity index (χ1n) is 7.07.